The molecule has 28 heavy (non-hydrogen) atoms. The maximum Gasteiger partial charge on any atom is 0.0606 e. The van der Waals surface area contributed by atoms with Crippen LogP contribution in [0.2, 0.25) is 0 Å². The van der Waals surface area contributed by atoms with Crippen LogP contribution in [0.4, 0.5) is 22.7 Å². The molecule has 0 aromatic heterocycles. The van der Waals surface area contributed by atoms with Crippen LogP contribution in [0.25, 0.3) is 0 Å². The van der Waals surface area contributed by atoms with Crippen molar-refractivity contribution in [1.29, 1.82) is 0 Å². The molecule has 0 heterocycles. The van der Waals surface area contributed by atoms with Crippen molar-refractivity contribution in [2.24, 2.45) is 0 Å². The minimum Gasteiger partial charge on any atom is -0.399 e. The van der Waals surface area contributed by atoms with Gasteiger partial charge in [0.1, 0.15) is 0 Å². The van der Waals surface area contributed by atoms with Crippen molar-refractivity contribution >= 4 is 22.7 Å². The van der Waals surface area contributed by atoms with E-state index in [-0.39, 0.29) is 19.8 Å². The first-order valence-electron chi connectivity index (χ1n) is 9.50. The summed E-state index contributed by atoms with van der Waals surface area (Å²) in [4.78, 5) is 4.02. The molecule has 7 nitrogen and oxygen atoms in total. The van der Waals surface area contributed by atoms with Crippen LogP contribution >= 0.6 is 0 Å². The average Bonchev–Trinajstić information content (AvgIpc) is 2.69. The van der Waals surface area contributed by atoms with E-state index in [0.717, 1.165) is 34.9 Å². The number of aliphatic hydroxyl groups excluding tert-OH is 3. The summed E-state index contributed by atoms with van der Waals surface area (Å²) in [7, 11) is 0. The molecule has 0 aliphatic carbocycles. The summed E-state index contributed by atoms with van der Waals surface area (Å²) in [5, 5.41) is 26.6. The molecule has 0 unspecified atom stereocenters. The number of hydrogen-bond donors (Lipinski definition) is 5. The quantitative estimate of drug-likeness (QED) is 0.411. The molecule has 2 aromatic carbocycles. The zero-order valence-corrected chi connectivity index (χ0v) is 16.9. The lowest BCUT2D eigenvalue weighted by molar-refractivity contribution is 0.281. The monoisotopic (exact) mass is 390 g/mol. The molecule has 0 atom stereocenters. The summed E-state index contributed by atoms with van der Waals surface area (Å²) >= 11 is 0. The van der Waals surface area contributed by atoms with Crippen LogP contribution in [-0.4, -0.2) is 61.3 Å². The number of rotatable bonds is 9. The van der Waals surface area contributed by atoms with Crippen LogP contribution in [0.15, 0.2) is 42.5 Å². The summed E-state index contributed by atoms with van der Waals surface area (Å²) in [6, 6.07) is 13.4. The predicted octanol–water partition coefficient (Wildman–Crippen LogP) is 1.46. The largest absolute Gasteiger partial charge is 0.399 e. The Balaban J connectivity index is 0.000000283. The van der Waals surface area contributed by atoms with E-state index in [1.807, 2.05) is 54.3 Å². The van der Waals surface area contributed by atoms with Crippen molar-refractivity contribution in [2.45, 2.75) is 13.8 Å². The standard InChI is InChI=1S/C11H18N2O2.C10H16N2O/c1-9-8-10(2-3-11(9)12)13(4-6-14)5-7-15;1-2-12(7-8-13)10-5-3-9(11)4-6-10/h2-3,8,14-15H,4-7,12H2,1H3;3-6,13H,2,7-8,11H2,1H3. The van der Waals surface area contributed by atoms with Crippen molar-refractivity contribution in [3.8, 4) is 0 Å². The Labute approximate surface area is 167 Å². The first-order chi connectivity index (χ1) is 13.5. The minimum atomic E-state index is 0.0728. The van der Waals surface area contributed by atoms with E-state index in [4.69, 9.17) is 26.8 Å². The van der Waals surface area contributed by atoms with Crippen LogP contribution in [0.5, 0.6) is 0 Å². The Morgan fingerprint density at radius 3 is 1.71 bits per heavy atom. The molecule has 0 fully saturated rings. The average molecular weight is 391 g/mol. The lowest BCUT2D eigenvalue weighted by Crippen LogP contribution is -2.29. The Hall–Kier alpha value is -2.48. The number of nitrogens with two attached hydrogens (primary N) is 2. The fourth-order valence-corrected chi connectivity index (χ4v) is 2.74. The highest BCUT2D eigenvalue weighted by Gasteiger charge is 2.06. The summed E-state index contributed by atoms with van der Waals surface area (Å²) < 4.78 is 0. The number of nitrogens with zero attached hydrogens (tertiary/aromatic N) is 2. The molecule has 7 N–H and O–H groups in total. The maximum absolute atomic E-state index is 8.90. The molecule has 0 aliphatic heterocycles. The van der Waals surface area contributed by atoms with Gasteiger partial charge in [0.05, 0.1) is 19.8 Å². The van der Waals surface area contributed by atoms with Gasteiger partial charge < -0.3 is 36.6 Å². The minimum absolute atomic E-state index is 0.0728. The molecule has 0 bridgehead atoms. The van der Waals surface area contributed by atoms with Gasteiger partial charge >= 0.3 is 0 Å². The first kappa shape index (κ1) is 23.6. The third-order valence-electron chi connectivity index (χ3n) is 4.37. The SMILES string of the molecule is CCN(CCO)c1ccc(N)cc1.Cc1cc(N(CCO)CCO)ccc1N. The van der Waals surface area contributed by atoms with Gasteiger partial charge in [0, 0.05) is 48.9 Å². The normalized spacial score (nSPS) is 10.2. The number of anilines is 4. The second-order valence-electron chi connectivity index (χ2n) is 6.37. The number of benzene rings is 2. The second-order valence-corrected chi connectivity index (χ2v) is 6.37. The van der Waals surface area contributed by atoms with Gasteiger partial charge in [-0.2, -0.15) is 0 Å². The van der Waals surface area contributed by atoms with E-state index in [1.165, 1.54) is 0 Å². The maximum atomic E-state index is 8.90. The Morgan fingerprint density at radius 1 is 0.750 bits per heavy atom. The topological polar surface area (TPSA) is 119 Å². The Bertz CT molecular complexity index is 674. The van der Waals surface area contributed by atoms with E-state index in [1.54, 1.807) is 0 Å². The van der Waals surface area contributed by atoms with Gasteiger partial charge in [-0.1, -0.05) is 0 Å². The number of likely N-dealkylation sites (N-methyl/N-ethyl adjacent to an activating group) is 1. The van der Waals surface area contributed by atoms with Crippen LogP contribution in [0.1, 0.15) is 12.5 Å². The van der Waals surface area contributed by atoms with E-state index < -0.39 is 0 Å². The third kappa shape index (κ3) is 7.64. The lowest BCUT2D eigenvalue weighted by Gasteiger charge is -2.23. The molecule has 0 saturated heterocycles. The van der Waals surface area contributed by atoms with E-state index in [0.29, 0.717) is 19.6 Å². The van der Waals surface area contributed by atoms with Gasteiger partial charge in [-0.05, 0) is 61.9 Å². The van der Waals surface area contributed by atoms with Crippen LogP contribution in [0, 0.1) is 6.92 Å². The highest BCUT2D eigenvalue weighted by Crippen LogP contribution is 2.20. The zero-order valence-electron chi connectivity index (χ0n) is 16.9. The number of aliphatic hydroxyl groups is 3. The molecule has 0 spiro atoms. The number of aryl methyl sites for hydroxylation is 1. The molecule has 7 heteroatoms. The van der Waals surface area contributed by atoms with Crippen LogP contribution < -0.4 is 21.3 Å². The highest BCUT2D eigenvalue weighted by atomic mass is 16.3. The summed E-state index contributed by atoms with van der Waals surface area (Å²) in [5.41, 5.74) is 15.9. The smallest absolute Gasteiger partial charge is 0.0606 e. The summed E-state index contributed by atoms with van der Waals surface area (Å²) in [6.45, 7) is 6.92. The molecule has 156 valence electrons. The lowest BCUT2D eigenvalue weighted by atomic mass is 10.1. The van der Waals surface area contributed by atoms with Crippen LogP contribution in [0.3, 0.4) is 0 Å². The molecule has 0 saturated carbocycles. The van der Waals surface area contributed by atoms with E-state index in [2.05, 4.69) is 11.8 Å². The molecular formula is C21H34N4O3. The Kier molecular flexibility index (Phi) is 10.8. The van der Waals surface area contributed by atoms with Crippen molar-refractivity contribution in [3.05, 3.63) is 48.0 Å². The van der Waals surface area contributed by atoms with Gasteiger partial charge in [0.15, 0.2) is 0 Å². The molecule has 0 aliphatic rings. The van der Waals surface area contributed by atoms with Crippen molar-refractivity contribution in [1.82, 2.24) is 0 Å². The zero-order chi connectivity index (χ0) is 20.9. The third-order valence-corrected chi connectivity index (χ3v) is 4.37. The molecule has 2 rings (SSSR count). The van der Waals surface area contributed by atoms with Gasteiger partial charge in [0.25, 0.3) is 0 Å². The van der Waals surface area contributed by atoms with Gasteiger partial charge in [-0.25, -0.2) is 0 Å². The highest BCUT2D eigenvalue weighted by molar-refractivity contribution is 5.58. The number of nitrogen functional groups attached to an aromatic ring is 2. The predicted molar refractivity (Wildman–Crippen MR) is 118 cm³/mol. The second kappa shape index (κ2) is 12.8. The first-order valence-corrected chi connectivity index (χ1v) is 9.50. The van der Waals surface area contributed by atoms with Gasteiger partial charge in [-0.3, -0.25) is 0 Å². The Morgan fingerprint density at radius 2 is 1.25 bits per heavy atom. The summed E-state index contributed by atoms with van der Waals surface area (Å²) in [5.74, 6) is 0. The molecular weight excluding hydrogens is 356 g/mol. The molecule has 0 amide bonds. The molecule has 2 aromatic rings. The van der Waals surface area contributed by atoms with Gasteiger partial charge in [0.2, 0.25) is 0 Å². The van der Waals surface area contributed by atoms with E-state index in [9.17, 15) is 0 Å². The van der Waals surface area contributed by atoms with Crippen LogP contribution in [-0.2, 0) is 0 Å². The van der Waals surface area contributed by atoms with Crippen molar-refractivity contribution in [2.75, 3.05) is 67.3 Å². The molecule has 0 radical (unpaired) electrons. The summed E-state index contributed by atoms with van der Waals surface area (Å²) in [6.07, 6.45) is 0. The number of hydrogen-bond acceptors (Lipinski definition) is 7. The van der Waals surface area contributed by atoms with Gasteiger partial charge in [-0.15, -0.1) is 0 Å². The van der Waals surface area contributed by atoms with E-state index >= 15 is 0 Å². The van der Waals surface area contributed by atoms with Crippen molar-refractivity contribution < 1.29 is 15.3 Å². The van der Waals surface area contributed by atoms with Crippen molar-refractivity contribution in [3.63, 3.8) is 0 Å². The fraction of sp³-hybridized carbons (Fsp3) is 0.429. The fourth-order valence-electron chi connectivity index (χ4n) is 2.74.